The average Bonchev–Trinajstić information content (AvgIpc) is 3.59. The van der Waals surface area contributed by atoms with Gasteiger partial charge in [-0.25, -0.2) is 0 Å². The van der Waals surface area contributed by atoms with E-state index in [4.69, 9.17) is 4.74 Å². The topological polar surface area (TPSA) is 74.4 Å². The van der Waals surface area contributed by atoms with Crippen LogP contribution in [0.4, 0.5) is 0 Å². The third-order valence-electron chi connectivity index (χ3n) is 7.16. The van der Waals surface area contributed by atoms with Gasteiger partial charge in [0.2, 0.25) is 11.8 Å². The van der Waals surface area contributed by atoms with Gasteiger partial charge in [0.1, 0.15) is 11.8 Å². The van der Waals surface area contributed by atoms with E-state index in [2.05, 4.69) is 10.3 Å². The monoisotopic (exact) mass is 515 g/mol. The predicted molar refractivity (Wildman–Crippen MR) is 148 cm³/mol. The lowest BCUT2D eigenvalue weighted by Crippen LogP contribution is -2.47. The van der Waals surface area contributed by atoms with Crippen LogP contribution in [0, 0.1) is 0 Å². The van der Waals surface area contributed by atoms with Crippen LogP contribution in [0.25, 0.3) is 10.9 Å². The molecular formula is C30H33N3O3S. The summed E-state index contributed by atoms with van der Waals surface area (Å²) in [6.45, 7) is 0.360. The minimum Gasteiger partial charge on any atom is -0.497 e. The number of fused-ring (bicyclic) bond motifs is 1. The Balaban J connectivity index is 1.51. The summed E-state index contributed by atoms with van der Waals surface area (Å²) >= 11 is 1.59. The van der Waals surface area contributed by atoms with Crippen LogP contribution < -0.4 is 10.1 Å². The maximum atomic E-state index is 14.1. The van der Waals surface area contributed by atoms with Crippen molar-refractivity contribution in [1.29, 1.82) is 0 Å². The third kappa shape index (κ3) is 5.88. The second-order valence-electron chi connectivity index (χ2n) is 9.66. The van der Waals surface area contributed by atoms with Gasteiger partial charge in [0, 0.05) is 28.0 Å². The third-order valence-corrected chi connectivity index (χ3v) is 8.03. The number of hydrogen-bond acceptors (Lipinski definition) is 4. The molecular weight excluding hydrogens is 482 g/mol. The number of carbonyl (C=O) groups excluding carboxylic acids is 2. The molecule has 2 N–H and O–H groups in total. The highest BCUT2D eigenvalue weighted by Gasteiger charge is 2.33. The molecule has 2 aromatic heterocycles. The Morgan fingerprint density at radius 2 is 1.92 bits per heavy atom. The highest BCUT2D eigenvalue weighted by atomic mass is 32.1. The average molecular weight is 516 g/mol. The molecule has 5 rings (SSSR count). The van der Waals surface area contributed by atoms with E-state index in [1.807, 2.05) is 72.2 Å². The van der Waals surface area contributed by atoms with E-state index in [0.717, 1.165) is 52.6 Å². The number of benzene rings is 2. The summed E-state index contributed by atoms with van der Waals surface area (Å²) in [5.41, 5.74) is 2.67. The Kier molecular flexibility index (Phi) is 7.90. The molecule has 6 nitrogen and oxygen atoms in total. The number of aromatic nitrogens is 1. The van der Waals surface area contributed by atoms with E-state index >= 15 is 0 Å². The molecule has 2 amide bonds. The molecule has 1 atom stereocenters. The first kappa shape index (κ1) is 25.1. The van der Waals surface area contributed by atoms with Gasteiger partial charge >= 0.3 is 0 Å². The number of carbonyl (C=O) groups is 2. The predicted octanol–water partition coefficient (Wildman–Crippen LogP) is 6.00. The quantitative estimate of drug-likeness (QED) is 0.287. The second kappa shape index (κ2) is 11.6. The Bertz CT molecular complexity index is 1340. The molecule has 0 saturated heterocycles. The van der Waals surface area contributed by atoms with E-state index in [1.165, 1.54) is 6.42 Å². The lowest BCUT2D eigenvalue weighted by Gasteiger charge is -2.33. The fourth-order valence-corrected chi connectivity index (χ4v) is 5.95. The smallest absolute Gasteiger partial charge is 0.247 e. The van der Waals surface area contributed by atoms with Crippen LogP contribution in [0.15, 0.2) is 72.2 Å². The van der Waals surface area contributed by atoms with E-state index < -0.39 is 6.04 Å². The number of aromatic amines is 1. The van der Waals surface area contributed by atoms with Gasteiger partial charge in [-0.3, -0.25) is 9.59 Å². The molecule has 4 aromatic rings. The number of para-hydroxylation sites is 1. The van der Waals surface area contributed by atoms with Crippen molar-refractivity contribution < 1.29 is 14.3 Å². The van der Waals surface area contributed by atoms with Gasteiger partial charge in [-0.2, -0.15) is 0 Å². The van der Waals surface area contributed by atoms with Crippen LogP contribution >= 0.6 is 11.3 Å². The number of nitrogens with zero attached hydrogens (tertiary/aromatic N) is 1. The van der Waals surface area contributed by atoms with E-state index in [-0.39, 0.29) is 24.3 Å². The fraction of sp³-hybridized carbons (Fsp3) is 0.333. The molecule has 0 aliphatic heterocycles. The SMILES string of the molecule is COc1cccc([C@H](C(=O)NC2CCCCC2)N(Cc2cccs2)C(=O)Cc2c[nH]c3ccccc23)c1. The fourth-order valence-electron chi connectivity index (χ4n) is 5.25. The number of ether oxygens (including phenoxy) is 1. The van der Waals surface area contributed by atoms with Crippen molar-refractivity contribution in [3.05, 3.63) is 88.2 Å². The van der Waals surface area contributed by atoms with Gasteiger partial charge in [0.15, 0.2) is 0 Å². The van der Waals surface area contributed by atoms with Crippen LogP contribution in [-0.2, 0) is 22.6 Å². The zero-order chi connectivity index (χ0) is 25.6. The molecule has 0 radical (unpaired) electrons. The number of amides is 2. The van der Waals surface area contributed by atoms with Gasteiger partial charge in [0.25, 0.3) is 0 Å². The Morgan fingerprint density at radius 1 is 1.08 bits per heavy atom. The molecule has 1 aliphatic rings. The Morgan fingerprint density at radius 3 is 2.70 bits per heavy atom. The number of methoxy groups -OCH3 is 1. The molecule has 37 heavy (non-hydrogen) atoms. The molecule has 0 bridgehead atoms. The van der Waals surface area contributed by atoms with Crippen molar-refractivity contribution in [2.75, 3.05) is 7.11 Å². The first-order valence-corrected chi connectivity index (χ1v) is 13.8. The van der Waals surface area contributed by atoms with Gasteiger partial charge in [-0.15, -0.1) is 11.3 Å². The maximum Gasteiger partial charge on any atom is 0.247 e. The molecule has 1 aliphatic carbocycles. The molecule has 192 valence electrons. The Labute approximate surface area is 221 Å². The number of nitrogens with one attached hydrogen (secondary N) is 2. The van der Waals surface area contributed by atoms with Gasteiger partial charge in [-0.1, -0.05) is 55.7 Å². The zero-order valence-corrected chi connectivity index (χ0v) is 21.9. The van der Waals surface area contributed by atoms with Gasteiger partial charge in [-0.05, 0) is 53.6 Å². The molecule has 0 unspecified atom stereocenters. The van der Waals surface area contributed by atoms with Gasteiger partial charge < -0.3 is 19.9 Å². The second-order valence-corrected chi connectivity index (χ2v) is 10.7. The number of H-pyrrole nitrogens is 1. The summed E-state index contributed by atoms with van der Waals surface area (Å²) in [7, 11) is 1.61. The largest absolute Gasteiger partial charge is 0.497 e. The minimum absolute atomic E-state index is 0.0928. The maximum absolute atomic E-state index is 14.1. The van der Waals surface area contributed by atoms with E-state index in [1.54, 1.807) is 23.3 Å². The van der Waals surface area contributed by atoms with Crippen LogP contribution in [0.1, 0.15) is 54.1 Å². The number of hydrogen-bond donors (Lipinski definition) is 2. The Hall–Kier alpha value is -3.58. The minimum atomic E-state index is -0.767. The van der Waals surface area contributed by atoms with Crippen LogP contribution in [0.3, 0.4) is 0 Å². The number of thiophene rings is 1. The van der Waals surface area contributed by atoms with Crippen LogP contribution in [0.2, 0.25) is 0 Å². The lowest BCUT2D eigenvalue weighted by molar-refractivity contribution is -0.141. The summed E-state index contributed by atoms with van der Waals surface area (Å²) in [5.74, 6) is 0.432. The molecule has 0 spiro atoms. The van der Waals surface area contributed by atoms with E-state index in [9.17, 15) is 9.59 Å². The first-order chi connectivity index (χ1) is 18.1. The number of rotatable bonds is 9. The summed E-state index contributed by atoms with van der Waals surface area (Å²) in [4.78, 5) is 34.0. The molecule has 1 fully saturated rings. The standard InChI is InChI=1S/C30H33N3O3S/c1-36-24-12-7-9-21(17-24)29(30(35)32-23-10-3-2-4-11-23)33(20-25-13-8-16-37-25)28(34)18-22-19-31-27-15-6-5-14-26(22)27/h5-9,12-17,19,23,29,31H,2-4,10-11,18,20H2,1H3,(H,32,35)/t29-/m1/s1. The van der Waals surface area contributed by atoms with Crippen molar-refractivity contribution >= 4 is 34.1 Å². The van der Waals surface area contributed by atoms with Crippen molar-refractivity contribution in [1.82, 2.24) is 15.2 Å². The summed E-state index contributed by atoms with van der Waals surface area (Å²) in [5, 5.41) is 6.31. The van der Waals surface area contributed by atoms with Crippen molar-refractivity contribution in [2.45, 2.75) is 57.2 Å². The normalized spacial score (nSPS) is 14.8. The van der Waals surface area contributed by atoms with Crippen molar-refractivity contribution in [3.63, 3.8) is 0 Å². The summed E-state index contributed by atoms with van der Waals surface area (Å²) in [6, 6.07) is 18.9. The van der Waals surface area contributed by atoms with E-state index in [0.29, 0.717) is 12.3 Å². The van der Waals surface area contributed by atoms with Crippen LogP contribution in [-0.4, -0.2) is 34.8 Å². The highest BCUT2D eigenvalue weighted by Crippen LogP contribution is 2.30. The van der Waals surface area contributed by atoms with Gasteiger partial charge in [0.05, 0.1) is 20.1 Å². The molecule has 7 heteroatoms. The van der Waals surface area contributed by atoms with Crippen LogP contribution in [0.5, 0.6) is 5.75 Å². The molecule has 2 heterocycles. The molecule has 2 aromatic carbocycles. The highest BCUT2D eigenvalue weighted by molar-refractivity contribution is 7.09. The van der Waals surface area contributed by atoms with Crippen molar-refractivity contribution in [3.8, 4) is 5.75 Å². The summed E-state index contributed by atoms with van der Waals surface area (Å²) < 4.78 is 5.48. The lowest BCUT2D eigenvalue weighted by atomic mass is 9.94. The van der Waals surface area contributed by atoms with Crippen molar-refractivity contribution in [2.24, 2.45) is 0 Å². The first-order valence-electron chi connectivity index (χ1n) is 12.9. The summed E-state index contributed by atoms with van der Waals surface area (Å²) in [6.07, 6.45) is 7.50. The molecule has 1 saturated carbocycles. The zero-order valence-electron chi connectivity index (χ0n) is 21.1.